The van der Waals surface area contributed by atoms with Crippen LogP contribution in [0.1, 0.15) is 12.0 Å². The lowest BCUT2D eigenvalue weighted by atomic mass is 10.2. The van der Waals surface area contributed by atoms with Crippen molar-refractivity contribution in [2.45, 2.75) is 13.0 Å². The van der Waals surface area contributed by atoms with Crippen LogP contribution in [0.15, 0.2) is 30.3 Å². The van der Waals surface area contributed by atoms with Crippen molar-refractivity contribution < 1.29 is 0 Å². The van der Waals surface area contributed by atoms with E-state index in [1.54, 1.807) is 0 Å². The number of hydrogen-bond acceptors (Lipinski definition) is 2. The van der Waals surface area contributed by atoms with Gasteiger partial charge in [0, 0.05) is 19.6 Å². The Kier molecular flexibility index (Phi) is 6.04. The molecule has 0 heterocycles. The van der Waals surface area contributed by atoms with Crippen LogP contribution in [0, 0.1) is 6.92 Å². The quantitative estimate of drug-likeness (QED) is 0.640. The molecule has 14 heavy (non-hydrogen) atoms. The molecule has 0 saturated heterocycles. The number of benzene rings is 1. The highest BCUT2D eigenvalue weighted by molar-refractivity contribution is 5.14. The topological polar surface area (TPSA) is 24.1 Å². The van der Waals surface area contributed by atoms with Gasteiger partial charge in [0.1, 0.15) is 0 Å². The molecule has 0 aliphatic carbocycles. The Morgan fingerprint density at radius 1 is 0.929 bits per heavy atom. The van der Waals surface area contributed by atoms with Gasteiger partial charge in [-0.15, -0.1) is 0 Å². The molecule has 2 N–H and O–H groups in total. The van der Waals surface area contributed by atoms with Gasteiger partial charge in [-0.2, -0.15) is 0 Å². The maximum Gasteiger partial charge on any atom is 0.0206 e. The van der Waals surface area contributed by atoms with Crippen LogP contribution in [0.5, 0.6) is 0 Å². The molecular weight excluding hydrogens is 172 g/mol. The summed E-state index contributed by atoms with van der Waals surface area (Å²) in [5.41, 5.74) is 1.34. The maximum atomic E-state index is 3.77. The van der Waals surface area contributed by atoms with Crippen molar-refractivity contribution in [3.8, 4) is 0 Å². The lowest BCUT2D eigenvalue weighted by molar-refractivity contribution is 0.614. The van der Waals surface area contributed by atoms with E-state index in [9.17, 15) is 0 Å². The Morgan fingerprint density at radius 3 is 2.36 bits per heavy atom. The van der Waals surface area contributed by atoms with E-state index < -0.39 is 0 Å². The molecule has 0 bridgehead atoms. The van der Waals surface area contributed by atoms with E-state index in [-0.39, 0.29) is 0 Å². The summed E-state index contributed by atoms with van der Waals surface area (Å²) >= 11 is 0. The molecule has 0 fully saturated rings. The summed E-state index contributed by atoms with van der Waals surface area (Å²) in [6, 6.07) is 10.4. The van der Waals surface area contributed by atoms with Gasteiger partial charge in [0.15, 0.2) is 0 Å². The summed E-state index contributed by atoms with van der Waals surface area (Å²) in [6.07, 6.45) is 0.957. The molecule has 2 nitrogen and oxygen atoms in total. The van der Waals surface area contributed by atoms with Gasteiger partial charge in [0.25, 0.3) is 0 Å². The second-order valence-electron chi connectivity index (χ2n) is 3.27. The molecule has 0 saturated carbocycles. The van der Waals surface area contributed by atoms with Crippen LogP contribution in [0.3, 0.4) is 0 Å². The molecule has 1 aromatic rings. The predicted octanol–water partition coefficient (Wildman–Crippen LogP) is 1.59. The highest BCUT2D eigenvalue weighted by Crippen LogP contribution is 1.96. The Bertz CT molecular complexity index is 221. The molecule has 0 amide bonds. The van der Waals surface area contributed by atoms with Gasteiger partial charge in [0.05, 0.1) is 0 Å². The van der Waals surface area contributed by atoms with Crippen LogP contribution < -0.4 is 10.6 Å². The van der Waals surface area contributed by atoms with E-state index >= 15 is 0 Å². The van der Waals surface area contributed by atoms with Gasteiger partial charge in [0.2, 0.25) is 0 Å². The Balaban J connectivity index is 1.99. The zero-order valence-corrected chi connectivity index (χ0v) is 8.63. The van der Waals surface area contributed by atoms with Gasteiger partial charge >= 0.3 is 0 Å². The summed E-state index contributed by atoms with van der Waals surface area (Å²) in [7, 11) is 0. The standard InChI is InChI=1S/C12H19N2/c1-2-8-13-9-10-14-11-12-6-4-3-5-7-12/h3-7,13-14H,1-2,8-11H2. The third-order valence-electron chi connectivity index (χ3n) is 2.00. The average molecular weight is 191 g/mol. The minimum Gasteiger partial charge on any atom is -0.315 e. The number of rotatable bonds is 7. The first-order chi connectivity index (χ1) is 6.93. The highest BCUT2D eigenvalue weighted by Gasteiger charge is 1.89. The van der Waals surface area contributed by atoms with E-state index in [0.29, 0.717) is 0 Å². The predicted molar refractivity (Wildman–Crippen MR) is 61.0 cm³/mol. The first-order valence-electron chi connectivity index (χ1n) is 5.18. The minimum atomic E-state index is 0.951. The normalized spacial score (nSPS) is 10.4. The number of nitrogens with one attached hydrogen (secondary N) is 2. The van der Waals surface area contributed by atoms with Crippen molar-refractivity contribution in [3.05, 3.63) is 42.8 Å². The average Bonchev–Trinajstić information content (AvgIpc) is 2.25. The third kappa shape index (κ3) is 5.00. The Hall–Kier alpha value is -0.860. The van der Waals surface area contributed by atoms with Gasteiger partial charge in [-0.3, -0.25) is 0 Å². The van der Waals surface area contributed by atoms with E-state index in [1.165, 1.54) is 5.56 Å². The van der Waals surface area contributed by atoms with Crippen LogP contribution >= 0.6 is 0 Å². The Labute approximate surface area is 86.7 Å². The zero-order chi connectivity index (χ0) is 10.1. The molecule has 0 aliphatic heterocycles. The zero-order valence-electron chi connectivity index (χ0n) is 8.63. The fraction of sp³-hybridized carbons (Fsp3) is 0.417. The van der Waals surface area contributed by atoms with E-state index in [4.69, 9.17) is 0 Å². The van der Waals surface area contributed by atoms with Crippen molar-refractivity contribution in [1.82, 2.24) is 10.6 Å². The minimum absolute atomic E-state index is 0.951. The molecule has 1 radical (unpaired) electrons. The van der Waals surface area contributed by atoms with Gasteiger partial charge in [-0.1, -0.05) is 37.3 Å². The van der Waals surface area contributed by atoms with E-state index in [0.717, 1.165) is 32.6 Å². The Morgan fingerprint density at radius 2 is 1.64 bits per heavy atom. The van der Waals surface area contributed by atoms with Crippen molar-refractivity contribution in [2.24, 2.45) is 0 Å². The van der Waals surface area contributed by atoms with Gasteiger partial charge in [-0.25, -0.2) is 0 Å². The fourth-order valence-corrected chi connectivity index (χ4v) is 1.26. The number of hydrogen-bond donors (Lipinski definition) is 2. The monoisotopic (exact) mass is 191 g/mol. The lowest BCUT2D eigenvalue weighted by Crippen LogP contribution is -2.27. The van der Waals surface area contributed by atoms with Crippen LogP contribution in [-0.4, -0.2) is 19.6 Å². The lowest BCUT2D eigenvalue weighted by Gasteiger charge is -2.05. The highest BCUT2D eigenvalue weighted by atomic mass is 14.9. The molecule has 0 aliphatic rings. The van der Waals surface area contributed by atoms with Crippen LogP contribution in [0.4, 0.5) is 0 Å². The molecule has 0 aromatic heterocycles. The summed E-state index contributed by atoms with van der Waals surface area (Å²) in [5, 5.41) is 6.67. The molecule has 0 atom stereocenters. The van der Waals surface area contributed by atoms with Crippen molar-refractivity contribution in [1.29, 1.82) is 0 Å². The largest absolute Gasteiger partial charge is 0.315 e. The summed E-state index contributed by atoms with van der Waals surface area (Å²) < 4.78 is 0. The van der Waals surface area contributed by atoms with Crippen molar-refractivity contribution in [2.75, 3.05) is 19.6 Å². The van der Waals surface area contributed by atoms with E-state index in [1.807, 2.05) is 6.07 Å². The SMILES string of the molecule is [CH2]CCNCCNCc1ccccc1. The second kappa shape index (κ2) is 7.54. The van der Waals surface area contributed by atoms with Crippen LogP contribution in [0.2, 0.25) is 0 Å². The van der Waals surface area contributed by atoms with E-state index in [2.05, 4.69) is 41.8 Å². The first-order valence-corrected chi connectivity index (χ1v) is 5.18. The van der Waals surface area contributed by atoms with Crippen LogP contribution in [0.25, 0.3) is 0 Å². The summed E-state index contributed by atoms with van der Waals surface area (Å²) in [5.74, 6) is 0. The molecule has 0 unspecified atom stereocenters. The summed E-state index contributed by atoms with van der Waals surface area (Å²) in [6.45, 7) is 7.75. The smallest absolute Gasteiger partial charge is 0.0206 e. The second-order valence-corrected chi connectivity index (χ2v) is 3.27. The van der Waals surface area contributed by atoms with Crippen LogP contribution in [-0.2, 0) is 6.54 Å². The summed E-state index contributed by atoms with van der Waals surface area (Å²) in [4.78, 5) is 0. The molecule has 77 valence electrons. The molecule has 1 rings (SSSR count). The van der Waals surface area contributed by atoms with Crippen molar-refractivity contribution in [3.63, 3.8) is 0 Å². The first kappa shape index (κ1) is 11.2. The van der Waals surface area contributed by atoms with Crippen molar-refractivity contribution >= 4 is 0 Å². The van der Waals surface area contributed by atoms with Gasteiger partial charge in [-0.05, 0) is 18.5 Å². The maximum absolute atomic E-state index is 3.77. The molecular formula is C12H19N2. The molecule has 1 aromatic carbocycles. The molecule has 0 spiro atoms. The molecule has 2 heteroatoms. The van der Waals surface area contributed by atoms with Gasteiger partial charge < -0.3 is 10.6 Å². The third-order valence-corrected chi connectivity index (χ3v) is 2.00. The fourth-order valence-electron chi connectivity index (χ4n) is 1.26.